The lowest BCUT2D eigenvalue weighted by molar-refractivity contribution is 0.397. The summed E-state index contributed by atoms with van der Waals surface area (Å²) < 4.78 is 43.2. The highest BCUT2D eigenvalue weighted by Gasteiger charge is 2.40. The summed E-state index contributed by atoms with van der Waals surface area (Å²) in [5, 5.41) is 8.16. The molecular formula is C45H34B2O7S2. The normalized spacial score (nSPS) is 13.2. The Morgan fingerprint density at radius 2 is 0.911 bits per heavy atom. The SMILES string of the molecule is COc1cccc2c1OB(c1c3c(OC)cccc3cc3cc(-c4cc(OC)c5c(B6Sc7ccccc7S6)c6c(OC)cccc6cc5c4)cc(OC)c13)O2. The van der Waals surface area contributed by atoms with Gasteiger partial charge >= 0.3 is 12.4 Å². The second kappa shape index (κ2) is 13.8. The Morgan fingerprint density at radius 3 is 1.46 bits per heavy atom. The van der Waals surface area contributed by atoms with Crippen molar-refractivity contribution in [1.82, 2.24) is 0 Å². The molecule has 0 radical (unpaired) electrons. The highest BCUT2D eigenvalue weighted by atomic mass is 32.2. The molecule has 0 N–H and O–H groups in total. The van der Waals surface area contributed by atoms with E-state index >= 15 is 0 Å². The van der Waals surface area contributed by atoms with Crippen molar-refractivity contribution in [2.24, 2.45) is 0 Å². The third kappa shape index (κ3) is 5.39. The van der Waals surface area contributed by atoms with Gasteiger partial charge in [0.1, 0.15) is 28.7 Å². The zero-order chi connectivity index (χ0) is 38.1. The molecule has 56 heavy (non-hydrogen) atoms. The van der Waals surface area contributed by atoms with Crippen molar-refractivity contribution in [1.29, 1.82) is 0 Å². The van der Waals surface area contributed by atoms with Crippen molar-refractivity contribution in [2.45, 2.75) is 9.79 Å². The summed E-state index contributed by atoms with van der Waals surface area (Å²) >= 11 is 3.75. The van der Waals surface area contributed by atoms with Crippen LogP contribution in [-0.2, 0) is 0 Å². The van der Waals surface area contributed by atoms with Gasteiger partial charge in [0.05, 0.1) is 35.5 Å². The fourth-order valence-corrected chi connectivity index (χ4v) is 11.2. The summed E-state index contributed by atoms with van der Waals surface area (Å²) in [6.07, 6.45) is 0. The van der Waals surface area contributed by atoms with E-state index in [0.717, 1.165) is 71.2 Å². The van der Waals surface area contributed by atoms with E-state index in [2.05, 4.69) is 78.9 Å². The molecule has 0 aliphatic carbocycles. The van der Waals surface area contributed by atoms with Crippen LogP contribution in [0.5, 0.6) is 40.2 Å². The average molecular weight is 773 g/mol. The number of benzene rings is 8. The topological polar surface area (TPSA) is 64.6 Å². The van der Waals surface area contributed by atoms with Crippen LogP contribution in [0, 0.1) is 0 Å². The number of ether oxygens (including phenoxy) is 5. The van der Waals surface area contributed by atoms with Crippen molar-refractivity contribution in [3.8, 4) is 51.4 Å². The van der Waals surface area contributed by atoms with E-state index in [9.17, 15) is 0 Å². The lowest BCUT2D eigenvalue weighted by Crippen LogP contribution is -2.40. The molecule has 0 aromatic heterocycles. The lowest BCUT2D eigenvalue weighted by atomic mass is 9.72. The second-order valence-corrected chi connectivity index (χ2v) is 16.2. The number of para-hydroxylation sites is 1. The van der Waals surface area contributed by atoms with Crippen LogP contribution >= 0.6 is 23.2 Å². The van der Waals surface area contributed by atoms with E-state index in [1.165, 1.54) is 15.3 Å². The molecule has 0 fully saturated rings. The largest absolute Gasteiger partial charge is 0.634 e. The molecule has 0 bridgehead atoms. The molecule has 274 valence electrons. The van der Waals surface area contributed by atoms with Gasteiger partial charge in [0.2, 0.25) is 0 Å². The van der Waals surface area contributed by atoms with Crippen molar-refractivity contribution < 1.29 is 33.0 Å². The molecule has 0 saturated carbocycles. The Kier molecular flexibility index (Phi) is 8.53. The first-order chi connectivity index (χ1) is 27.5. The van der Waals surface area contributed by atoms with Gasteiger partial charge in [0.15, 0.2) is 11.5 Å². The predicted octanol–water partition coefficient (Wildman–Crippen LogP) is 9.77. The molecular weight excluding hydrogens is 738 g/mol. The number of hydrogen-bond acceptors (Lipinski definition) is 9. The Balaban J connectivity index is 1.20. The van der Waals surface area contributed by atoms with Crippen LogP contribution in [0.25, 0.3) is 54.2 Å². The molecule has 2 aliphatic rings. The first-order valence-corrected chi connectivity index (χ1v) is 19.9. The molecule has 2 heterocycles. The van der Waals surface area contributed by atoms with Crippen molar-refractivity contribution in [3.63, 3.8) is 0 Å². The van der Waals surface area contributed by atoms with Gasteiger partial charge in [0.25, 0.3) is 0 Å². The maximum atomic E-state index is 6.56. The minimum Gasteiger partial charge on any atom is -0.519 e. The standard InChI is InChI=1S/C45H34B2O7S2/c1-48-31-13-8-11-25-19-29-21-27(23-35(51-4)41(29)43(39(25)31)46-53-34-16-10-15-33(50-3)45(34)54-46)28-22-30-20-26-12-9-14-32(49-2)40(26)44(42(30)36(24-28)52-5)47-55-37-17-6-7-18-38(37)56-47/h6-24H,1-5H3. The van der Waals surface area contributed by atoms with Gasteiger partial charge < -0.3 is 33.0 Å². The number of methoxy groups -OCH3 is 5. The average Bonchev–Trinajstić information content (AvgIpc) is 3.88. The summed E-state index contributed by atoms with van der Waals surface area (Å²) in [6.45, 7) is 0. The summed E-state index contributed by atoms with van der Waals surface area (Å²) in [7, 11) is 7.71. The fraction of sp³-hybridized carbons (Fsp3) is 0.111. The maximum absolute atomic E-state index is 6.56. The second-order valence-electron chi connectivity index (χ2n) is 13.6. The molecule has 7 nitrogen and oxygen atoms in total. The van der Waals surface area contributed by atoms with E-state index in [1.807, 2.05) is 59.6 Å². The third-order valence-electron chi connectivity index (χ3n) is 10.7. The van der Waals surface area contributed by atoms with Gasteiger partial charge in [-0.15, -0.1) is 0 Å². The Hall–Kier alpha value is -5.77. The molecule has 0 atom stereocenters. The summed E-state index contributed by atoms with van der Waals surface area (Å²) in [5.41, 5.74) is 3.98. The van der Waals surface area contributed by atoms with Crippen LogP contribution in [0.3, 0.4) is 0 Å². The molecule has 2 aliphatic heterocycles. The molecule has 0 spiro atoms. The van der Waals surface area contributed by atoms with Crippen LogP contribution in [0.2, 0.25) is 0 Å². The summed E-state index contributed by atoms with van der Waals surface area (Å²) in [4.78, 5) is 2.56. The van der Waals surface area contributed by atoms with Crippen molar-refractivity contribution >= 4 is 89.6 Å². The minimum atomic E-state index is -0.787. The number of hydrogen-bond donors (Lipinski definition) is 0. The van der Waals surface area contributed by atoms with E-state index in [-0.39, 0.29) is 5.27 Å². The molecule has 11 heteroatoms. The Labute approximate surface area is 333 Å². The zero-order valence-corrected chi connectivity index (χ0v) is 32.9. The van der Waals surface area contributed by atoms with E-state index < -0.39 is 7.12 Å². The molecule has 8 aromatic carbocycles. The first kappa shape index (κ1) is 34.7. The molecule has 8 aromatic rings. The van der Waals surface area contributed by atoms with Crippen LogP contribution < -0.4 is 43.9 Å². The quantitative estimate of drug-likeness (QED) is 0.111. The maximum Gasteiger partial charge on any atom is 0.634 e. The highest BCUT2D eigenvalue weighted by Crippen LogP contribution is 2.49. The van der Waals surface area contributed by atoms with Crippen LogP contribution in [0.4, 0.5) is 0 Å². The van der Waals surface area contributed by atoms with Crippen LogP contribution in [0.1, 0.15) is 0 Å². The summed E-state index contributed by atoms with van der Waals surface area (Å²) in [6, 6.07) is 39.7. The van der Waals surface area contributed by atoms with Crippen LogP contribution in [0.15, 0.2) is 125 Å². The van der Waals surface area contributed by atoms with Gasteiger partial charge in [-0.25, -0.2) is 0 Å². The summed E-state index contributed by atoms with van der Waals surface area (Å²) in [5.74, 6) is 4.79. The molecule has 10 rings (SSSR count). The molecule has 0 amide bonds. The third-order valence-corrected chi connectivity index (χ3v) is 13.5. The number of rotatable bonds is 8. The zero-order valence-electron chi connectivity index (χ0n) is 31.3. The highest BCUT2D eigenvalue weighted by molar-refractivity contribution is 8.57. The number of fused-ring (bicyclic) bond motifs is 6. The van der Waals surface area contributed by atoms with Gasteiger partial charge in [-0.05, 0) is 111 Å². The van der Waals surface area contributed by atoms with Gasteiger partial charge in [-0.3, -0.25) is 0 Å². The Bertz CT molecular complexity index is 2880. The van der Waals surface area contributed by atoms with Crippen molar-refractivity contribution in [2.75, 3.05) is 35.5 Å². The van der Waals surface area contributed by atoms with Crippen molar-refractivity contribution in [3.05, 3.63) is 115 Å². The monoisotopic (exact) mass is 772 g/mol. The molecule has 0 saturated heterocycles. The van der Waals surface area contributed by atoms with E-state index in [1.54, 1.807) is 35.5 Å². The fourth-order valence-electron chi connectivity index (χ4n) is 8.29. The predicted molar refractivity (Wildman–Crippen MR) is 231 cm³/mol. The van der Waals surface area contributed by atoms with Gasteiger partial charge in [0, 0.05) is 36.8 Å². The van der Waals surface area contributed by atoms with E-state index in [4.69, 9.17) is 33.0 Å². The van der Waals surface area contributed by atoms with Gasteiger partial charge in [-0.2, -0.15) is 23.2 Å². The Morgan fingerprint density at radius 1 is 0.429 bits per heavy atom. The lowest BCUT2D eigenvalue weighted by Gasteiger charge is -2.20. The van der Waals surface area contributed by atoms with Gasteiger partial charge in [-0.1, -0.05) is 42.5 Å². The smallest absolute Gasteiger partial charge is 0.519 e. The first-order valence-electron chi connectivity index (χ1n) is 18.2. The molecule has 0 unspecified atom stereocenters. The van der Waals surface area contributed by atoms with Crippen LogP contribution in [-0.4, -0.2) is 47.9 Å². The minimum absolute atomic E-state index is 0.102. The van der Waals surface area contributed by atoms with E-state index in [0.29, 0.717) is 28.7 Å².